The molecule has 0 radical (unpaired) electrons. The van der Waals surface area contributed by atoms with Gasteiger partial charge >= 0.3 is 11.9 Å². The van der Waals surface area contributed by atoms with Crippen molar-refractivity contribution in [1.82, 2.24) is 5.32 Å². The van der Waals surface area contributed by atoms with Crippen molar-refractivity contribution < 1.29 is 23.5 Å². The Bertz CT molecular complexity index is 1290. The van der Waals surface area contributed by atoms with Gasteiger partial charge in [-0.1, -0.05) is 12.1 Å². The van der Waals surface area contributed by atoms with E-state index in [9.17, 15) is 14.4 Å². The molecule has 0 fully saturated rings. The van der Waals surface area contributed by atoms with Crippen LogP contribution in [0.15, 0.2) is 61.4 Å². The third kappa shape index (κ3) is 2.91. The molecule has 3 heterocycles. The number of para-hydroxylation sites is 1. The van der Waals surface area contributed by atoms with Gasteiger partial charge in [0.1, 0.15) is 5.58 Å². The molecule has 4 rings (SSSR count). The summed E-state index contributed by atoms with van der Waals surface area (Å²) in [5.74, 6) is -2.20. The number of fused-ring (bicyclic) bond motifs is 3. The first kappa shape index (κ1) is 19.9. The lowest BCUT2D eigenvalue weighted by Crippen LogP contribution is -2.33. The lowest BCUT2D eigenvalue weighted by molar-refractivity contribution is -0.137. The van der Waals surface area contributed by atoms with Crippen molar-refractivity contribution in [1.29, 1.82) is 0 Å². The summed E-state index contributed by atoms with van der Waals surface area (Å²) in [5, 5.41) is 5.54. The monoisotopic (exact) mass is 425 g/mol. The third-order valence-electron chi connectivity index (χ3n) is 5.20. The SMILES string of the molecule is COC(=O)C1=C(C)NC(C)=C(C(=O)OC)C1c1csc2c(oc3ccccc32)c1=O. The van der Waals surface area contributed by atoms with E-state index in [0.717, 1.165) is 5.39 Å². The Balaban J connectivity index is 2.03. The minimum absolute atomic E-state index is 0.184. The average molecular weight is 425 g/mol. The first-order valence-corrected chi connectivity index (χ1v) is 10.0. The summed E-state index contributed by atoms with van der Waals surface area (Å²) in [6, 6.07) is 7.38. The van der Waals surface area contributed by atoms with E-state index < -0.39 is 17.9 Å². The van der Waals surface area contributed by atoms with Crippen LogP contribution in [-0.4, -0.2) is 26.2 Å². The first-order chi connectivity index (χ1) is 14.4. The number of ether oxygens (including phenoxy) is 2. The maximum atomic E-state index is 13.5. The van der Waals surface area contributed by atoms with E-state index in [0.29, 0.717) is 21.7 Å². The highest BCUT2D eigenvalue weighted by Gasteiger charge is 2.39. The van der Waals surface area contributed by atoms with Gasteiger partial charge in [-0.15, -0.1) is 11.3 Å². The van der Waals surface area contributed by atoms with E-state index in [1.165, 1.54) is 25.6 Å². The number of rotatable bonds is 3. The summed E-state index contributed by atoms with van der Waals surface area (Å²) in [5.41, 5.74) is 2.05. The van der Waals surface area contributed by atoms with E-state index >= 15 is 0 Å². The summed E-state index contributed by atoms with van der Waals surface area (Å²) in [6.45, 7) is 3.40. The van der Waals surface area contributed by atoms with Gasteiger partial charge in [-0.05, 0) is 31.4 Å². The lowest BCUT2D eigenvalue weighted by Gasteiger charge is -2.29. The quantitative estimate of drug-likeness (QED) is 0.641. The largest absolute Gasteiger partial charge is 0.466 e. The number of furan rings is 1. The zero-order chi connectivity index (χ0) is 21.6. The van der Waals surface area contributed by atoms with E-state index in [2.05, 4.69) is 5.32 Å². The predicted molar refractivity (Wildman–Crippen MR) is 113 cm³/mol. The van der Waals surface area contributed by atoms with Gasteiger partial charge in [-0.3, -0.25) is 4.79 Å². The normalized spacial score (nSPS) is 14.9. The van der Waals surface area contributed by atoms with Crippen molar-refractivity contribution in [2.24, 2.45) is 0 Å². The van der Waals surface area contributed by atoms with Crippen LogP contribution in [0.2, 0.25) is 0 Å². The first-order valence-electron chi connectivity index (χ1n) is 9.17. The van der Waals surface area contributed by atoms with Gasteiger partial charge in [0.25, 0.3) is 0 Å². The van der Waals surface area contributed by atoms with Crippen LogP contribution in [-0.2, 0) is 19.1 Å². The van der Waals surface area contributed by atoms with Gasteiger partial charge in [-0.2, -0.15) is 0 Å². The second-order valence-electron chi connectivity index (χ2n) is 6.90. The molecule has 0 amide bonds. The highest BCUT2D eigenvalue weighted by molar-refractivity contribution is 7.17. The van der Waals surface area contributed by atoms with E-state index in [4.69, 9.17) is 13.9 Å². The molecule has 0 unspecified atom stereocenters. The molecule has 0 atom stereocenters. The topological polar surface area (TPSA) is 94.8 Å². The fraction of sp³-hybridized carbons (Fsp3) is 0.227. The van der Waals surface area contributed by atoms with Crippen molar-refractivity contribution in [2.75, 3.05) is 14.2 Å². The summed E-state index contributed by atoms with van der Waals surface area (Å²) < 4.78 is 16.4. The van der Waals surface area contributed by atoms with Crippen LogP contribution < -0.4 is 10.7 Å². The average Bonchev–Trinajstić information content (AvgIpc) is 3.12. The molecule has 1 N–H and O–H groups in total. The summed E-state index contributed by atoms with van der Waals surface area (Å²) in [7, 11) is 2.51. The number of carbonyl (C=O) groups excluding carboxylic acids is 2. The van der Waals surface area contributed by atoms with Crippen molar-refractivity contribution in [3.8, 4) is 0 Å². The minimum Gasteiger partial charge on any atom is -0.466 e. The lowest BCUT2D eigenvalue weighted by atomic mass is 9.81. The van der Waals surface area contributed by atoms with Gasteiger partial charge in [0.2, 0.25) is 5.43 Å². The molecule has 3 aromatic rings. The van der Waals surface area contributed by atoms with Crippen LogP contribution >= 0.6 is 11.3 Å². The number of methoxy groups -OCH3 is 2. The van der Waals surface area contributed by atoms with Crippen molar-refractivity contribution in [3.05, 3.63) is 68.0 Å². The molecular formula is C22H19NO6S. The van der Waals surface area contributed by atoms with Crippen LogP contribution in [0.5, 0.6) is 0 Å². The van der Waals surface area contributed by atoms with Gasteiger partial charge in [-0.25, -0.2) is 9.59 Å². The number of allylic oxidation sites excluding steroid dienone is 2. The molecule has 0 saturated heterocycles. The Hall–Kier alpha value is -3.39. The van der Waals surface area contributed by atoms with Crippen molar-refractivity contribution >= 4 is 44.5 Å². The van der Waals surface area contributed by atoms with Crippen LogP contribution in [0, 0.1) is 0 Å². The standard InChI is InChI=1S/C22H19NO6S/c1-10-15(21(25)27-3)17(16(11(2)23-10)22(26)28-4)13-9-30-20-12-7-5-6-8-14(12)29-19(20)18(13)24/h5-9,17,23H,1-4H3. The van der Waals surface area contributed by atoms with Crippen molar-refractivity contribution in [2.45, 2.75) is 19.8 Å². The van der Waals surface area contributed by atoms with Crippen LogP contribution in [0.25, 0.3) is 21.3 Å². The van der Waals surface area contributed by atoms with Gasteiger partial charge in [0, 0.05) is 22.3 Å². The Morgan fingerprint density at radius 1 is 1.03 bits per heavy atom. The smallest absolute Gasteiger partial charge is 0.336 e. The number of nitrogens with one attached hydrogen (secondary N) is 1. The van der Waals surface area contributed by atoms with Crippen LogP contribution in [0.1, 0.15) is 25.3 Å². The number of benzene rings is 1. The number of dihydropyridines is 1. The fourth-order valence-electron chi connectivity index (χ4n) is 3.86. The Morgan fingerprint density at radius 3 is 2.23 bits per heavy atom. The van der Waals surface area contributed by atoms with Crippen LogP contribution in [0.3, 0.4) is 0 Å². The third-order valence-corrected chi connectivity index (χ3v) is 6.22. The number of esters is 2. The molecular weight excluding hydrogens is 406 g/mol. The molecule has 30 heavy (non-hydrogen) atoms. The minimum atomic E-state index is -0.937. The second-order valence-corrected chi connectivity index (χ2v) is 7.77. The molecule has 2 aromatic heterocycles. The van der Waals surface area contributed by atoms with Gasteiger partial charge < -0.3 is 19.2 Å². The molecule has 1 aliphatic rings. The van der Waals surface area contributed by atoms with E-state index in [1.807, 2.05) is 18.2 Å². The Morgan fingerprint density at radius 2 is 1.63 bits per heavy atom. The molecule has 8 heteroatoms. The zero-order valence-electron chi connectivity index (χ0n) is 16.8. The second kappa shape index (κ2) is 7.46. The highest BCUT2D eigenvalue weighted by Crippen LogP contribution is 2.40. The molecule has 0 bridgehead atoms. The summed E-state index contributed by atoms with van der Waals surface area (Å²) in [6.07, 6.45) is 0. The van der Waals surface area contributed by atoms with Crippen LogP contribution in [0.4, 0.5) is 0 Å². The zero-order valence-corrected chi connectivity index (χ0v) is 17.6. The number of carbonyl (C=O) groups is 2. The predicted octanol–water partition coefficient (Wildman–Crippen LogP) is 3.59. The molecule has 7 nitrogen and oxygen atoms in total. The molecule has 1 aromatic carbocycles. The Labute approximate surface area is 175 Å². The molecule has 0 aliphatic carbocycles. The molecule has 0 saturated carbocycles. The Kier molecular flexibility index (Phi) is 4.95. The fourth-order valence-corrected chi connectivity index (χ4v) is 4.89. The van der Waals surface area contributed by atoms with Gasteiger partial charge in [0.15, 0.2) is 5.58 Å². The highest BCUT2D eigenvalue weighted by atomic mass is 32.1. The summed E-state index contributed by atoms with van der Waals surface area (Å²) in [4.78, 5) is 38.7. The molecule has 0 spiro atoms. The van der Waals surface area contributed by atoms with E-state index in [1.54, 1.807) is 25.3 Å². The van der Waals surface area contributed by atoms with E-state index in [-0.39, 0.29) is 27.7 Å². The number of hydrogen-bond acceptors (Lipinski definition) is 8. The van der Waals surface area contributed by atoms with Crippen molar-refractivity contribution in [3.63, 3.8) is 0 Å². The van der Waals surface area contributed by atoms with Gasteiger partial charge in [0.05, 0.1) is 36.0 Å². The molecule has 154 valence electrons. The summed E-state index contributed by atoms with van der Waals surface area (Å²) >= 11 is 1.33. The number of hydrogen-bond donors (Lipinski definition) is 1. The molecule has 1 aliphatic heterocycles. The maximum absolute atomic E-state index is 13.5. The maximum Gasteiger partial charge on any atom is 0.336 e.